The third-order valence-corrected chi connectivity index (χ3v) is 7.27. The van der Waals surface area contributed by atoms with E-state index in [0.29, 0.717) is 5.67 Å². The van der Waals surface area contributed by atoms with Gasteiger partial charge in [-0.15, -0.1) is 0 Å². The van der Waals surface area contributed by atoms with E-state index in [1.165, 1.54) is 0 Å². The van der Waals surface area contributed by atoms with Crippen LogP contribution in [0.1, 0.15) is 34.1 Å². The van der Waals surface area contributed by atoms with Crippen LogP contribution >= 0.6 is 0 Å². The molecule has 0 radical (unpaired) electrons. The van der Waals surface area contributed by atoms with Gasteiger partial charge in [0, 0.05) is 13.2 Å². The van der Waals surface area contributed by atoms with Gasteiger partial charge in [0.2, 0.25) is 0 Å². The first kappa shape index (κ1) is 15.1. The highest BCUT2D eigenvalue weighted by molar-refractivity contribution is 6.69. The van der Waals surface area contributed by atoms with Crippen molar-refractivity contribution >= 4 is 8.56 Å². The lowest BCUT2D eigenvalue weighted by atomic mass is 10.4. The van der Waals surface area contributed by atoms with Gasteiger partial charge in [-0.3, -0.25) is 0 Å². The van der Waals surface area contributed by atoms with E-state index < -0.39 is 8.56 Å². The fourth-order valence-electron chi connectivity index (χ4n) is 2.23. The standard InChI is InChI=1S/C11H27NO2Si/c1-7-11(12(5)6)15(10-4,13-8-2)14-9-3/h11H,7-10H2,1-6H3. The van der Waals surface area contributed by atoms with E-state index in [-0.39, 0.29) is 0 Å². The van der Waals surface area contributed by atoms with Gasteiger partial charge in [-0.1, -0.05) is 13.8 Å². The second-order valence-electron chi connectivity index (χ2n) is 3.92. The maximum Gasteiger partial charge on any atom is 0.355 e. The molecule has 92 valence electrons. The predicted molar refractivity (Wildman–Crippen MR) is 67.3 cm³/mol. The van der Waals surface area contributed by atoms with Crippen molar-refractivity contribution in [2.24, 2.45) is 0 Å². The Morgan fingerprint density at radius 1 is 1.00 bits per heavy atom. The van der Waals surface area contributed by atoms with Crippen molar-refractivity contribution in [2.75, 3.05) is 27.3 Å². The molecule has 0 spiro atoms. The summed E-state index contributed by atoms with van der Waals surface area (Å²) >= 11 is 0. The van der Waals surface area contributed by atoms with E-state index in [1.807, 2.05) is 0 Å². The van der Waals surface area contributed by atoms with Crippen molar-refractivity contribution in [3.05, 3.63) is 0 Å². The minimum absolute atomic E-state index is 0.447. The third kappa shape index (κ3) is 3.87. The Morgan fingerprint density at radius 3 is 1.67 bits per heavy atom. The van der Waals surface area contributed by atoms with Crippen LogP contribution in [0.15, 0.2) is 0 Å². The van der Waals surface area contributed by atoms with Crippen LogP contribution in [0, 0.1) is 0 Å². The summed E-state index contributed by atoms with van der Waals surface area (Å²) in [5.41, 5.74) is 0.447. The quantitative estimate of drug-likeness (QED) is 0.601. The zero-order valence-corrected chi connectivity index (χ0v) is 12.2. The molecule has 0 rings (SSSR count). The average Bonchev–Trinajstić information content (AvgIpc) is 2.18. The first-order valence-corrected chi connectivity index (χ1v) is 8.12. The molecule has 0 aromatic heterocycles. The molecule has 0 bridgehead atoms. The monoisotopic (exact) mass is 233 g/mol. The Morgan fingerprint density at radius 2 is 1.47 bits per heavy atom. The second kappa shape index (κ2) is 7.38. The molecule has 3 nitrogen and oxygen atoms in total. The summed E-state index contributed by atoms with van der Waals surface area (Å²) in [4.78, 5) is 2.25. The fraction of sp³-hybridized carbons (Fsp3) is 1.00. The zero-order chi connectivity index (χ0) is 11.9. The second-order valence-corrected chi connectivity index (χ2v) is 7.49. The molecule has 0 aliphatic carbocycles. The molecule has 0 N–H and O–H groups in total. The molecule has 0 saturated heterocycles. The Balaban J connectivity index is 4.82. The molecule has 0 aromatic carbocycles. The summed E-state index contributed by atoms with van der Waals surface area (Å²) in [7, 11) is 2.19. The smallest absolute Gasteiger partial charge is 0.355 e. The van der Waals surface area contributed by atoms with Gasteiger partial charge in [-0.2, -0.15) is 0 Å². The molecule has 0 saturated carbocycles. The Bertz CT molecular complexity index is 159. The van der Waals surface area contributed by atoms with Crippen LogP contribution in [0.4, 0.5) is 0 Å². The normalized spacial score (nSPS) is 14.6. The van der Waals surface area contributed by atoms with Gasteiger partial charge in [0.25, 0.3) is 0 Å². The largest absolute Gasteiger partial charge is 0.394 e. The topological polar surface area (TPSA) is 21.7 Å². The van der Waals surface area contributed by atoms with Gasteiger partial charge in [0.15, 0.2) is 0 Å². The minimum atomic E-state index is -2.04. The summed E-state index contributed by atoms with van der Waals surface area (Å²) in [6.07, 6.45) is 1.09. The van der Waals surface area contributed by atoms with Crippen LogP contribution < -0.4 is 0 Å². The van der Waals surface area contributed by atoms with Crippen molar-refractivity contribution in [1.82, 2.24) is 4.90 Å². The van der Waals surface area contributed by atoms with Crippen LogP contribution in [-0.2, 0) is 8.85 Å². The third-order valence-electron chi connectivity index (χ3n) is 2.79. The number of hydrogen-bond acceptors (Lipinski definition) is 3. The predicted octanol–water partition coefficient (Wildman–Crippen LogP) is 2.40. The minimum Gasteiger partial charge on any atom is -0.394 e. The number of hydrogen-bond donors (Lipinski definition) is 0. The van der Waals surface area contributed by atoms with E-state index >= 15 is 0 Å². The highest BCUT2D eigenvalue weighted by Gasteiger charge is 2.44. The van der Waals surface area contributed by atoms with Gasteiger partial charge < -0.3 is 13.8 Å². The molecule has 0 aliphatic heterocycles. The average molecular weight is 233 g/mol. The fourth-order valence-corrected chi connectivity index (χ4v) is 5.97. The van der Waals surface area contributed by atoms with E-state index in [9.17, 15) is 0 Å². The van der Waals surface area contributed by atoms with Crippen molar-refractivity contribution < 1.29 is 8.85 Å². The maximum atomic E-state index is 6.01. The molecule has 0 heterocycles. The van der Waals surface area contributed by atoms with E-state index in [2.05, 4.69) is 46.7 Å². The van der Waals surface area contributed by atoms with Crippen LogP contribution in [0.5, 0.6) is 0 Å². The molecule has 1 atom stereocenters. The molecule has 15 heavy (non-hydrogen) atoms. The van der Waals surface area contributed by atoms with Crippen LogP contribution in [0.25, 0.3) is 0 Å². The van der Waals surface area contributed by atoms with Crippen molar-refractivity contribution in [3.63, 3.8) is 0 Å². The summed E-state index contributed by atoms with van der Waals surface area (Å²) < 4.78 is 12.0. The van der Waals surface area contributed by atoms with Crippen LogP contribution in [0.3, 0.4) is 0 Å². The highest BCUT2D eigenvalue weighted by Crippen LogP contribution is 2.23. The molecular weight excluding hydrogens is 206 g/mol. The molecular formula is C11H27NO2Si. The lowest BCUT2D eigenvalue weighted by Gasteiger charge is -2.39. The van der Waals surface area contributed by atoms with Gasteiger partial charge in [-0.05, 0) is 40.4 Å². The molecule has 0 aromatic rings. The SMILES string of the molecule is CCO[Si](CC)(OCC)C(CC)N(C)C. The van der Waals surface area contributed by atoms with Crippen molar-refractivity contribution in [3.8, 4) is 0 Å². The van der Waals surface area contributed by atoms with Gasteiger partial charge >= 0.3 is 8.56 Å². The summed E-state index contributed by atoms with van der Waals surface area (Å²) in [5.74, 6) is 0. The highest BCUT2D eigenvalue weighted by atomic mass is 28.4. The number of nitrogens with zero attached hydrogens (tertiary/aromatic N) is 1. The van der Waals surface area contributed by atoms with E-state index in [4.69, 9.17) is 8.85 Å². The van der Waals surface area contributed by atoms with Crippen molar-refractivity contribution in [1.29, 1.82) is 0 Å². The summed E-state index contributed by atoms with van der Waals surface area (Å²) in [6, 6.07) is 1.02. The van der Waals surface area contributed by atoms with Crippen molar-refractivity contribution in [2.45, 2.75) is 45.8 Å². The lowest BCUT2D eigenvalue weighted by molar-refractivity contribution is 0.145. The lowest BCUT2D eigenvalue weighted by Crippen LogP contribution is -2.58. The molecule has 0 amide bonds. The first-order chi connectivity index (χ1) is 7.07. The van der Waals surface area contributed by atoms with Gasteiger partial charge in [0.1, 0.15) is 0 Å². The maximum absolute atomic E-state index is 6.01. The molecule has 0 aliphatic rings. The van der Waals surface area contributed by atoms with Gasteiger partial charge in [0.05, 0.1) is 5.67 Å². The zero-order valence-electron chi connectivity index (χ0n) is 11.2. The first-order valence-electron chi connectivity index (χ1n) is 6.02. The van der Waals surface area contributed by atoms with Crippen LogP contribution in [0.2, 0.25) is 6.04 Å². The molecule has 1 unspecified atom stereocenters. The van der Waals surface area contributed by atoms with E-state index in [1.54, 1.807) is 0 Å². The van der Waals surface area contributed by atoms with Gasteiger partial charge in [-0.25, -0.2) is 0 Å². The summed E-state index contributed by atoms with van der Waals surface area (Å²) in [5, 5.41) is 0. The number of rotatable bonds is 8. The molecule has 0 fully saturated rings. The molecule has 4 heteroatoms. The summed E-state index contributed by atoms with van der Waals surface area (Å²) in [6.45, 7) is 10.0. The Hall–Kier alpha value is 0.0969. The van der Waals surface area contributed by atoms with E-state index in [0.717, 1.165) is 25.7 Å². The Labute approximate surface area is 96.0 Å². The Kier molecular flexibility index (Phi) is 7.43. The van der Waals surface area contributed by atoms with Crippen LogP contribution in [-0.4, -0.2) is 46.4 Å².